The molecule has 3 amide bonds. The Morgan fingerprint density at radius 1 is 1.00 bits per heavy atom. The highest BCUT2D eigenvalue weighted by atomic mass is 16.2. The molecule has 0 saturated heterocycles. The van der Waals surface area contributed by atoms with Gasteiger partial charge in [0.05, 0.1) is 13.1 Å². The lowest BCUT2D eigenvalue weighted by Gasteiger charge is -2.21. The number of nitrogens with zero attached hydrogens (tertiary/aromatic N) is 1. The van der Waals surface area contributed by atoms with Crippen LogP contribution in [0.2, 0.25) is 0 Å². The van der Waals surface area contributed by atoms with E-state index in [1.807, 2.05) is 0 Å². The molecule has 0 bridgehead atoms. The normalized spacial score (nSPS) is 11.9. The summed E-state index contributed by atoms with van der Waals surface area (Å²) >= 11 is 0. The molecule has 1 unspecified atom stereocenters. The number of nitrogens with two attached hydrogens (primary N) is 3. The van der Waals surface area contributed by atoms with Crippen molar-refractivity contribution in [2.45, 2.75) is 39.0 Å². The molecule has 0 saturated carbocycles. The molecule has 0 aliphatic rings. The van der Waals surface area contributed by atoms with E-state index in [1.165, 1.54) is 0 Å². The van der Waals surface area contributed by atoms with Crippen molar-refractivity contribution >= 4 is 17.7 Å². The Kier molecular flexibility index (Phi) is 9.36. The van der Waals surface area contributed by atoms with Gasteiger partial charge in [-0.1, -0.05) is 19.8 Å². The maximum absolute atomic E-state index is 12.0. The van der Waals surface area contributed by atoms with Crippen molar-refractivity contribution in [2.24, 2.45) is 23.1 Å². The first-order chi connectivity index (χ1) is 9.40. The average Bonchev–Trinajstić information content (AvgIpc) is 2.34. The largest absolute Gasteiger partial charge is 0.368 e. The Balaban J connectivity index is 4.42. The number of hydrogen-bond acceptors (Lipinski definition) is 4. The number of amides is 3. The number of primary amides is 2. The number of hydrogen-bond donors (Lipinski definition) is 3. The molecule has 0 aromatic carbocycles. The lowest BCUT2D eigenvalue weighted by molar-refractivity contribution is -0.138. The maximum Gasteiger partial charge on any atom is 0.237 e. The lowest BCUT2D eigenvalue weighted by atomic mass is 9.94. The smallest absolute Gasteiger partial charge is 0.237 e. The van der Waals surface area contributed by atoms with E-state index in [4.69, 9.17) is 17.2 Å². The molecule has 0 aromatic rings. The first kappa shape index (κ1) is 18.4. The van der Waals surface area contributed by atoms with E-state index < -0.39 is 11.8 Å². The van der Waals surface area contributed by atoms with Gasteiger partial charge in [0.15, 0.2) is 0 Å². The number of carbonyl (C=O) groups excluding carboxylic acids is 3. The topological polar surface area (TPSA) is 133 Å². The SMILES string of the molecule is CCCC(CCN)CCC(=O)N(CC(N)=O)CC(N)=O. The second-order valence-corrected chi connectivity index (χ2v) is 4.95. The van der Waals surface area contributed by atoms with E-state index in [2.05, 4.69) is 6.92 Å². The zero-order valence-electron chi connectivity index (χ0n) is 12.1. The first-order valence-corrected chi connectivity index (χ1v) is 6.95. The fourth-order valence-electron chi connectivity index (χ4n) is 2.17. The third-order valence-corrected chi connectivity index (χ3v) is 3.08. The van der Waals surface area contributed by atoms with Crippen LogP contribution in [0.4, 0.5) is 0 Å². The highest BCUT2D eigenvalue weighted by molar-refractivity contribution is 5.88. The standard InChI is InChI=1S/C13H26N4O3/c1-2-3-10(6-7-14)4-5-13(20)17(8-11(15)18)9-12(16)19/h10H,2-9,14H2,1H3,(H2,15,18)(H2,16,19). The second-order valence-electron chi connectivity index (χ2n) is 4.95. The van der Waals surface area contributed by atoms with Crippen molar-refractivity contribution in [2.75, 3.05) is 19.6 Å². The van der Waals surface area contributed by atoms with Crippen molar-refractivity contribution in [1.29, 1.82) is 0 Å². The summed E-state index contributed by atoms with van der Waals surface area (Å²) in [5.41, 5.74) is 15.7. The lowest BCUT2D eigenvalue weighted by Crippen LogP contribution is -2.43. The van der Waals surface area contributed by atoms with Crippen molar-refractivity contribution < 1.29 is 14.4 Å². The molecule has 0 spiro atoms. The van der Waals surface area contributed by atoms with Crippen molar-refractivity contribution in [3.05, 3.63) is 0 Å². The molecule has 20 heavy (non-hydrogen) atoms. The van der Waals surface area contributed by atoms with E-state index in [9.17, 15) is 14.4 Å². The van der Waals surface area contributed by atoms with Gasteiger partial charge in [0.1, 0.15) is 0 Å². The number of rotatable bonds is 11. The fourth-order valence-corrected chi connectivity index (χ4v) is 2.17. The fraction of sp³-hybridized carbons (Fsp3) is 0.769. The molecule has 0 rings (SSSR count). The van der Waals surface area contributed by atoms with Crippen LogP contribution >= 0.6 is 0 Å². The summed E-state index contributed by atoms with van der Waals surface area (Å²) < 4.78 is 0. The average molecular weight is 286 g/mol. The third-order valence-electron chi connectivity index (χ3n) is 3.08. The van der Waals surface area contributed by atoms with Gasteiger partial charge in [0.2, 0.25) is 17.7 Å². The zero-order chi connectivity index (χ0) is 15.5. The molecule has 0 aliphatic carbocycles. The molecular weight excluding hydrogens is 260 g/mol. The van der Waals surface area contributed by atoms with Gasteiger partial charge in [0.25, 0.3) is 0 Å². The van der Waals surface area contributed by atoms with Crippen LogP contribution in [0.3, 0.4) is 0 Å². The predicted octanol–water partition coefficient (Wildman–Crippen LogP) is -0.669. The van der Waals surface area contributed by atoms with Gasteiger partial charge in [-0.3, -0.25) is 14.4 Å². The van der Waals surface area contributed by atoms with Crippen molar-refractivity contribution in [3.8, 4) is 0 Å². The van der Waals surface area contributed by atoms with Gasteiger partial charge in [-0.05, 0) is 25.3 Å². The molecule has 7 nitrogen and oxygen atoms in total. The van der Waals surface area contributed by atoms with E-state index in [-0.39, 0.29) is 25.4 Å². The molecule has 116 valence electrons. The first-order valence-electron chi connectivity index (χ1n) is 6.95. The summed E-state index contributed by atoms with van der Waals surface area (Å²) in [6.45, 7) is 2.11. The molecule has 6 N–H and O–H groups in total. The van der Waals surface area contributed by atoms with Gasteiger partial charge in [0, 0.05) is 6.42 Å². The van der Waals surface area contributed by atoms with Crippen LogP contribution in [0, 0.1) is 5.92 Å². The summed E-state index contributed by atoms with van der Waals surface area (Å²) in [6, 6.07) is 0. The Labute approximate surface area is 119 Å². The van der Waals surface area contributed by atoms with E-state index in [1.54, 1.807) is 0 Å². The van der Waals surface area contributed by atoms with E-state index >= 15 is 0 Å². The maximum atomic E-state index is 12.0. The molecule has 1 atom stereocenters. The van der Waals surface area contributed by atoms with Gasteiger partial charge in [-0.2, -0.15) is 0 Å². The van der Waals surface area contributed by atoms with Crippen LogP contribution in [0.15, 0.2) is 0 Å². The highest BCUT2D eigenvalue weighted by Crippen LogP contribution is 2.17. The summed E-state index contributed by atoms with van der Waals surface area (Å²) in [5, 5.41) is 0. The Morgan fingerprint density at radius 3 is 1.95 bits per heavy atom. The monoisotopic (exact) mass is 286 g/mol. The van der Waals surface area contributed by atoms with Gasteiger partial charge >= 0.3 is 0 Å². The predicted molar refractivity (Wildman–Crippen MR) is 76.3 cm³/mol. The summed E-state index contributed by atoms with van der Waals surface area (Å²) in [5.74, 6) is -1.21. The summed E-state index contributed by atoms with van der Waals surface area (Å²) in [7, 11) is 0. The molecule has 0 fully saturated rings. The highest BCUT2D eigenvalue weighted by Gasteiger charge is 2.19. The summed E-state index contributed by atoms with van der Waals surface area (Å²) in [4.78, 5) is 34.9. The second kappa shape index (κ2) is 10.2. The molecule has 0 heterocycles. The van der Waals surface area contributed by atoms with E-state index in [0.717, 1.165) is 24.2 Å². The summed E-state index contributed by atoms with van der Waals surface area (Å²) in [6.07, 6.45) is 3.87. The van der Waals surface area contributed by atoms with Crippen molar-refractivity contribution in [1.82, 2.24) is 4.90 Å². The Hall–Kier alpha value is -1.63. The van der Waals surface area contributed by atoms with Crippen LogP contribution in [-0.4, -0.2) is 42.3 Å². The van der Waals surface area contributed by atoms with Gasteiger partial charge in [-0.25, -0.2) is 0 Å². The van der Waals surface area contributed by atoms with Crippen LogP contribution in [0.5, 0.6) is 0 Å². The van der Waals surface area contributed by atoms with Crippen LogP contribution in [0.1, 0.15) is 39.0 Å². The molecule has 0 aliphatic heterocycles. The van der Waals surface area contributed by atoms with Crippen LogP contribution < -0.4 is 17.2 Å². The minimum absolute atomic E-state index is 0.269. The molecule has 0 aromatic heterocycles. The third kappa shape index (κ3) is 8.47. The van der Waals surface area contributed by atoms with Crippen LogP contribution in [0.25, 0.3) is 0 Å². The van der Waals surface area contributed by atoms with Gasteiger partial charge < -0.3 is 22.1 Å². The zero-order valence-corrected chi connectivity index (χ0v) is 12.1. The minimum Gasteiger partial charge on any atom is -0.368 e. The molecule has 7 heteroatoms. The minimum atomic E-state index is -0.660. The molecular formula is C13H26N4O3. The Morgan fingerprint density at radius 2 is 1.55 bits per heavy atom. The Bertz CT molecular complexity index is 312. The quantitative estimate of drug-likeness (QED) is 0.464. The van der Waals surface area contributed by atoms with Crippen LogP contribution in [-0.2, 0) is 14.4 Å². The van der Waals surface area contributed by atoms with E-state index in [0.29, 0.717) is 18.9 Å². The number of carbonyl (C=O) groups is 3. The molecule has 0 radical (unpaired) electrons. The van der Waals surface area contributed by atoms with Gasteiger partial charge in [-0.15, -0.1) is 0 Å². The van der Waals surface area contributed by atoms with Crippen molar-refractivity contribution in [3.63, 3.8) is 0 Å².